The van der Waals surface area contributed by atoms with Crippen molar-refractivity contribution in [2.75, 3.05) is 0 Å². The highest BCUT2D eigenvalue weighted by Gasteiger charge is 2.22. The molecule has 0 spiro atoms. The Balaban J connectivity index is 2.13. The minimum Gasteiger partial charge on any atom is -0.462 e. The second-order valence-corrected chi connectivity index (χ2v) is 4.39. The summed E-state index contributed by atoms with van der Waals surface area (Å²) in [5.74, 6) is -0.105. The standard InChI is InChI=1S/C12H22O3/c1-2-3-4-6-10(13)9-11-7-5-8-12(14)15-11/h10-11,13H,2-9H2,1H3/t10-,11-/m1/s1. The molecule has 0 aromatic rings. The van der Waals surface area contributed by atoms with E-state index in [2.05, 4.69) is 6.92 Å². The Kier molecular flexibility index (Phi) is 5.69. The number of esters is 1. The molecule has 15 heavy (non-hydrogen) atoms. The van der Waals surface area contributed by atoms with Gasteiger partial charge in [-0.1, -0.05) is 26.2 Å². The fourth-order valence-corrected chi connectivity index (χ4v) is 2.00. The van der Waals surface area contributed by atoms with E-state index in [1.807, 2.05) is 0 Å². The van der Waals surface area contributed by atoms with E-state index < -0.39 is 0 Å². The van der Waals surface area contributed by atoms with Gasteiger partial charge in [0, 0.05) is 12.8 Å². The van der Waals surface area contributed by atoms with Gasteiger partial charge in [-0.05, 0) is 19.3 Å². The van der Waals surface area contributed by atoms with Crippen molar-refractivity contribution in [1.82, 2.24) is 0 Å². The summed E-state index contributed by atoms with van der Waals surface area (Å²) in [7, 11) is 0. The van der Waals surface area contributed by atoms with Crippen LogP contribution < -0.4 is 0 Å². The number of aliphatic hydroxyl groups excluding tert-OH is 1. The molecule has 1 fully saturated rings. The van der Waals surface area contributed by atoms with E-state index in [9.17, 15) is 9.90 Å². The van der Waals surface area contributed by atoms with Crippen molar-refractivity contribution in [1.29, 1.82) is 0 Å². The van der Waals surface area contributed by atoms with Crippen molar-refractivity contribution in [3.63, 3.8) is 0 Å². The van der Waals surface area contributed by atoms with Crippen LogP contribution in [0.1, 0.15) is 58.3 Å². The zero-order valence-electron chi connectivity index (χ0n) is 9.58. The summed E-state index contributed by atoms with van der Waals surface area (Å²) in [5.41, 5.74) is 0. The van der Waals surface area contributed by atoms with Gasteiger partial charge in [0.1, 0.15) is 6.10 Å². The Labute approximate surface area is 91.8 Å². The molecule has 2 atom stereocenters. The van der Waals surface area contributed by atoms with Crippen LogP contribution in [0.15, 0.2) is 0 Å². The molecule has 0 aliphatic carbocycles. The lowest BCUT2D eigenvalue weighted by molar-refractivity contribution is -0.155. The lowest BCUT2D eigenvalue weighted by atomic mass is 10.00. The maximum Gasteiger partial charge on any atom is 0.306 e. The summed E-state index contributed by atoms with van der Waals surface area (Å²) in [5, 5.41) is 9.72. The van der Waals surface area contributed by atoms with Crippen LogP contribution in [-0.2, 0) is 9.53 Å². The Bertz CT molecular complexity index is 191. The second-order valence-electron chi connectivity index (χ2n) is 4.39. The van der Waals surface area contributed by atoms with Gasteiger partial charge in [0.05, 0.1) is 6.10 Å². The summed E-state index contributed by atoms with van der Waals surface area (Å²) in [6, 6.07) is 0. The first-order valence-corrected chi connectivity index (χ1v) is 6.10. The SMILES string of the molecule is CCCCC[C@@H](O)C[C@H]1CCCC(=O)O1. The second kappa shape index (κ2) is 6.83. The predicted molar refractivity (Wildman–Crippen MR) is 58.5 cm³/mol. The Morgan fingerprint density at radius 1 is 1.53 bits per heavy atom. The lowest BCUT2D eigenvalue weighted by Gasteiger charge is -2.24. The van der Waals surface area contributed by atoms with Crippen molar-refractivity contribution in [3.05, 3.63) is 0 Å². The summed E-state index contributed by atoms with van der Waals surface area (Å²) in [6.45, 7) is 2.15. The minimum atomic E-state index is -0.299. The number of rotatable bonds is 6. The Morgan fingerprint density at radius 2 is 2.33 bits per heavy atom. The van der Waals surface area contributed by atoms with Gasteiger partial charge in [-0.3, -0.25) is 4.79 Å². The third-order valence-corrected chi connectivity index (χ3v) is 2.88. The van der Waals surface area contributed by atoms with Gasteiger partial charge >= 0.3 is 5.97 Å². The highest BCUT2D eigenvalue weighted by atomic mass is 16.5. The molecule has 1 heterocycles. The Morgan fingerprint density at radius 3 is 3.00 bits per heavy atom. The van der Waals surface area contributed by atoms with Gasteiger partial charge in [0.25, 0.3) is 0 Å². The molecular weight excluding hydrogens is 192 g/mol. The van der Waals surface area contributed by atoms with E-state index in [1.54, 1.807) is 0 Å². The number of ether oxygens (including phenoxy) is 1. The third kappa shape index (κ3) is 5.17. The molecule has 0 aromatic carbocycles. The van der Waals surface area contributed by atoms with E-state index >= 15 is 0 Å². The molecule has 0 unspecified atom stereocenters. The number of unbranched alkanes of at least 4 members (excludes halogenated alkanes) is 2. The fourth-order valence-electron chi connectivity index (χ4n) is 2.00. The number of cyclic esters (lactones) is 1. The summed E-state index contributed by atoms with van der Waals surface area (Å²) < 4.78 is 5.16. The van der Waals surface area contributed by atoms with E-state index in [0.29, 0.717) is 12.8 Å². The monoisotopic (exact) mass is 214 g/mol. The van der Waals surface area contributed by atoms with Crippen LogP contribution in [0.25, 0.3) is 0 Å². The molecule has 0 saturated carbocycles. The smallest absolute Gasteiger partial charge is 0.306 e. The quantitative estimate of drug-likeness (QED) is 0.545. The van der Waals surface area contributed by atoms with Crippen molar-refractivity contribution >= 4 is 5.97 Å². The average molecular weight is 214 g/mol. The van der Waals surface area contributed by atoms with Crippen molar-refractivity contribution in [2.45, 2.75) is 70.5 Å². The molecule has 0 radical (unpaired) electrons. The zero-order valence-corrected chi connectivity index (χ0v) is 9.58. The summed E-state index contributed by atoms with van der Waals surface area (Å²) in [4.78, 5) is 11.0. The van der Waals surface area contributed by atoms with Crippen LogP contribution in [0.4, 0.5) is 0 Å². The molecule has 0 aromatic heterocycles. The molecule has 1 saturated heterocycles. The Hall–Kier alpha value is -0.570. The maximum atomic E-state index is 11.0. The van der Waals surface area contributed by atoms with Crippen LogP contribution in [0, 0.1) is 0 Å². The lowest BCUT2D eigenvalue weighted by Crippen LogP contribution is -2.27. The van der Waals surface area contributed by atoms with Crippen LogP contribution in [0.5, 0.6) is 0 Å². The molecule has 88 valence electrons. The maximum absolute atomic E-state index is 11.0. The first kappa shape index (κ1) is 12.5. The van der Waals surface area contributed by atoms with Crippen molar-refractivity contribution in [3.8, 4) is 0 Å². The van der Waals surface area contributed by atoms with Gasteiger partial charge in [-0.25, -0.2) is 0 Å². The molecular formula is C12H22O3. The van der Waals surface area contributed by atoms with E-state index in [4.69, 9.17) is 4.74 Å². The molecule has 0 amide bonds. The molecule has 1 N–H and O–H groups in total. The zero-order chi connectivity index (χ0) is 11.1. The number of hydrogen-bond donors (Lipinski definition) is 1. The van der Waals surface area contributed by atoms with Crippen LogP contribution in [0.3, 0.4) is 0 Å². The number of carbonyl (C=O) groups excluding carboxylic acids is 1. The molecule has 3 heteroatoms. The van der Waals surface area contributed by atoms with E-state index in [-0.39, 0.29) is 18.2 Å². The highest BCUT2D eigenvalue weighted by molar-refractivity contribution is 5.70. The van der Waals surface area contributed by atoms with E-state index in [1.165, 1.54) is 12.8 Å². The van der Waals surface area contributed by atoms with Crippen LogP contribution >= 0.6 is 0 Å². The summed E-state index contributed by atoms with van der Waals surface area (Å²) >= 11 is 0. The number of carbonyl (C=O) groups is 1. The third-order valence-electron chi connectivity index (χ3n) is 2.88. The van der Waals surface area contributed by atoms with Gasteiger partial charge < -0.3 is 9.84 Å². The normalized spacial score (nSPS) is 23.6. The van der Waals surface area contributed by atoms with Gasteiger partial charge in [-0.15, -0.1) is 0 Å². The molecule has 0 bridgehead atoms. The topological polar surface area (TPSA) is 46.5 Å². The fraction of sp³-hybridized carbons (Fsp3) is 0.917. The first-order chi connectivity index (χ1) is 7.22. The number of aliphatic hydroxyl groups is 1. The first-order valence-electron chi connectivity index (χ1n) is 6.10. The van der Waals surface area contributed by atoms with Crippen molar-refractivity contribution in [2.24, 2.45) is 0 Å². The summed E-state index contributed by atoms with van der Waals surface area (Å²) in [6.07, 6.45) is 6.89. The molecule has 1 aliphatic rings. The minimum absolute atomic E-state index is 0.0390. The van der Waals surface area contributed by atoms with Gasteiger partial charge in [0.2, 0.25) is 0 Å². The largest absolute Gasteiger partial charge is 0.462 e. The van der Waals surface area contributed by atoms with Crippen LogP contribution in [-0.4, -0.2) is 23.3 Å². The molecule has 3 nitrogen and oxygen atoms in total. The average Bonchev–Trinajstić information content (AvgIpc) is 2.18. The van der Waals surface area contributed by atoms with Crippen LogP contribution in [0.2, 0.25) is 0 Å². The number of hydrogen-bond acceptors (Lipinski definition) is 3. The van der Waals surface area contributed by atoms with Gasteiger partial charge in [0.15, 0.2) is 0 Å². The molecule has 1 aliphatic heterocycles. The van der Waals surface area contributed by atoms with E-state index in [0.717, 1.165) is 25.7 Å². The predicted octanol–water partition coefficient (Wildman–Crippen LogP) is 2.41. The van der Waals surface area contributed by atoms with Crippen molar-refractivity contribution < 1.29 is 14.6 Å². The van der Waals surface area contributed by atoms with Gasteiger partial charge in [-0.2, -0.15) is 0 Å². The highest BCUT2D eigenvalue weighted by Crippen LogP contribution is 2.19. The molecule has 1 rings (SSSR count).